The molecule has 0 spiro atoms. The first kappa shape index (κ1) is 15.0. The summed E-state index contributed by atoms with van der Waals surface area (Å²) < 4.78 is 10.9. The SMILES string of the molecule is CCOC(C)(C)C(O)c1cc(C)c(OC)cc1C. The van der Waals surface area contributed by atoms with Crippen LogP contribution in [0.5, 0.6) is 5.75 Å². The van der Waals surface area contributed by atoms with Crippen molar-refractivity contribution in [2.45, 2.75) is 46.3 Å². The molecule has 1 atom stereocenters. The van der Waals surface area contributed by atoms with E-state index in [1.54, 1.807) is 7.11 Å². The number of hydrogen-bond acceptors (Lipinski definition) is 3. The fourth-order valence-electron chi connectivity index (χ4n) is 2.15. The Hall–Kier alpha value is -1.06. The Bertz CT molecular complexity index is 410. The topological polar surface area (TPSA) is 38.7 Å². The van der Waals surface area contributed by atoms with Gasteiger partial charge in [-0.05, 0) is 63.4 Å². The third-order valence-corrected chi connectivity index (χ3v) is 3.25. The average Bonchev–Trinajstić information content (AvgIpc) is 2.30. The molecule has 1 aromatic carbocycles. The van der Waals surface area contributed by atoms with Crippen LogP contribution in [0.3, 0.4) is 0 Å². The van der Waals surface area contributed by atoms with Crippen LogP contribution in [0.25, 0.3) is 0 Å². The molecule has 0 aromatic heterocycles. The molecule has 3 nitrogen and oxygen atoms in total. The van der Waals surface area contributed by atoms with Crippen molar-refractivity contribution in [2.75, 3.05) is 13.7 Å². The Morgan fingerprint density at radius 1 is 1.22 bits per heavy atom. The van der Waals surface area contributed by atoms with E-state index in [1.807, 2.05) is 46.8 Å². The van der Waals surface area contributed by atoms with Crippen LogP contribution in [0.4, 0.5) is 0 Å². The second-order valence-corrected chi connectivity index (χ2v) is 5.12. The zero-order valence-electron chi connectivity index (χ0n) is 12.2. The lowest BCUT2D eigenvalue weighted by molar-refractivity contribution is -0.0985. The Morgan fingerprint density at radius 3 is 2.33 bits per heavy atom. The van der Waals surface area contributed by atoms with Crippen molar-refractivity contribution >= 4 is 0 Å². The van der Waals surface area contributed by atoms with Crippen molar-refractivity contribution in [1.29, 1.82) is 0 Å². The highest BCUT2D eigenvalue weighted by atomic mass is 16.5. The number of benzene rings is 1. The van der Waals surface area contributed by atoms with Crippen molar-refractivity contribution in [2.24, 2.45) is 0 Å². The normalized spacial score (nSPS) is 13.5. The monoisotopic (exact) mass is 252 g/mol. The molecule has 1 unspecified atom stereocenters. The quantitative estimate of drug-likeness (QED) is 0.875. The molecule has 18 heavy (non-hydrogen) atoms. The van der Waals surface area contributed by atoms with Crippen molar-refractivity contribution in [3.8, 4) is 5.75 Å². The van der Waals surface area contributed by atoms with Gasteiger partial charge in [-0.25, -0.2) is 0 Å². The first-order valence-electron chi connectivity index (χ1n) is 6.30. The summed E-state index contributed by atoms with van der Waals surface area (Å²) in [4.78, 5) is 0. The lowest BCUT2D eigenvalue weighted by Gasteiger charge is -2.31. The van der Waals surface area contributed by atoms with Gasteiger partial charge >= 0.3 is 0 Å². The number of hydrogen-bond donors (Lipinski definition) is 1. The largest absolute Gasteiger partial charge is 0.496 e. The van der Waals surface area contributed by atoms with Crippen LogP contribution in [0.2, 0.25) is 0 Å². The maximum absolute atomic E-state index is 10.5. The van der Waals surface area contributed by atoms with Crippen molar-refractivity contribution < 1.29 is 14.6 Å². The zero-order chi connectivity index (χ0) is 13.9. The Balaban J connectivity index is 3.13. The maximum Gasteiger partial charge on any atom is 0.122 e. The Kier molecular flexibility index (Phi) is 4.77. The minimum atomic E-state index is -0.651. The van der Waals surface area contributed by atoms with Crippen LogP contribution in [0.15, 0.2) is 12.1 Å². The summed E-state index contributed by atoms with van der Waals surface area (Å²) in [6.45, 7) is 10.3. The van der Waals surface area contributed by atoms with Crippen LogP contribution in [0.1, 0.15) is 43.6 Å². The third kappa shape index (κ3) is 3.03. The highest BCUT2D eigenvalue weighted by Gasteiger charge is 2.31. The van der Waals surface area contributed by atoms with E-state index < -0.39 is 11.7 Å². The molecule has 0 amide bonds. The van der Waals surface area contributed by atoms with E-state index in [0.717, 1.165) is 22.4 Å². The van der Waals surface area contributed by atoms with Gasteiger partial charge < -0.3 is 14.6 Å². The van der Waals surface area contributed by atoms with Gasteiger partial charge in [0, 0.05) is 6.61 Å². The number of rotatable bonds is 5. The average molecular weight is 252 g/mol. The molecule has 0 fully saturated rings. The van der Waals surface area contributed by atoms with Gasteiger partial charge in [-0.2, -0.15) is 0 Å². The fourth-order valence-corrected chi connectivity index (χ4v) is 2.15. The highest BCUT2D eigenvalue weighted by Crippen LogP contribution is 2.33. The molecule has 0 aliphatic carbocycles. The molecule has 1 aromatic rings. The van der Waals surface area contributed by atoms with Gasteiger partial charge in [0.1, 0.15) is 11.9 Å². The Labute approximate surface area is 110 Å². The molecule has 1 N–H and O–H groups in total. The van der Waals surface area contributed by atoms with E-state index in [2.05, 4.69) is 0 Å². The smallest absolute Gasteiger partial charge is 0.122 e. The zero-order valence-corrected chi connectivity index (χ0v) is 12.2. The first-order valence-corrected chi connectivity index (χ1v) is 6.30. The van der Waals surface area contributed by atoms with Gasteiger partial charge in [-0.15, -0.1) is 0 Å². The molecule has 0 radical (unpaired) electrons. The summed E-state index contributed by atoms with van der Waals surface area (Å²) >= 11 is 0. The molecule has 1 rings (SSSR count). The molecule has 0 saturated carbocycles. The molecule has 0 saturated heterocycles. The van der Waals surface area contributed by atoms with Gasteiger partial charge in [-0.3, -0.25) is 0 Å². The number of aryl methyl sites for hydroxylation is 2. The van der Waals surface area contributed by atoms with Gasteiger partial charge in [0.05, 0.1) is 12.7 Å². The maximum atomic E-state index is 10.5. The molecule has 0 aliphatic heterocycles. The molecule has 102 valence electrons. The van der Waals surface area contributed by atoms with Crippen LogP contribution in [0, 0.1) is 13.8 Å². The number of methoxy groups -OCH3 is 1. The van der Waals surface area contributed by atoms with E-state index in [4.69, 9.17) is 9.47 Å². The molecule has 0 heterocycles. The standard InChI is InChI=1S/C15H24O3/c1-7-18-15(4,5)14(16)12-8-11(3)13(17-6)9-10(12)2/h8-9,14,16H,7H2,1-6H3. The lowest BCUT2D eigenvalue weighted by Crippen LogP contribution is -2.33. The van der Waals surface area contributed by atoms with Crippen LogP contribution in [-0.2, 0) is 4.74 Å². The summed E-state index contributed by atoms with van der Waals surface area (Å²) in [5.41, 5.74) is 2.33. The molecule has 0 aliphatic rings. The molecule has 0 bridgehead atoms. The van der Waals surface area contributed by atoms with E-state index in [-0.39, 0.29) is 0 Å². The molecular weight excluding hydrogens is 228 g/mol. The summed E-state index contributed by atoms with van der Waals surface area (Å²) in [6.07, 6.45) is -0.651. The highest BCUT2D eigenvalue weighted by molar-refractivity contribution is 5.43. The predicted molar refractivity (Wildman–Crippen MR) is 73.1 cm³/mol. The predicted octanol–water partition coefficient (Wildman–Crippen LogP) is 3.16. The molecular formula is C15H24O3. The van der Waals surface area contributed by atoms with E-state index >= 15 is 0 Å². The van der Waals surface area contributed by atoms with Crippen molar-refractivity contribution in [1.82, 2.24) is 0 Å². The number of aliphatic hydroxyl groups excluding tert-OH is 1. The summed E-state index contributed by atoms with van der Waals surface area (Å²) in [6, 6.07) is 3.93. The Morgan fingerprint density at radius 2 is 1.83 bits per heavy atom. The molecule has 3 heteroatoms. The van der Waals surface area contributed by atoms with Crippen LogP contribution in [-0.4, -0.2) is 24.4 Å². The summed E-state index contributed by atoms with van der Waals surface area (Å²) in [5, 5.41) is 10.5. The van der Waals surface area contributed by atoms with Crippen LogP contribution >= 0.6 is 0 Å². The van der Waals surface area contributed by atoms with E-state index in [9.17, 15) is 5.11 Å². The third-order valence-electron chi connectivity index (χ3n) is 3.25. The minimum Gasteiger partial charge on any atom is -0.496 e. The fraction of sp³-hybridized carbons (Fsp3) is 0.600. The minimum absolute atomic E-state index is 0.582. The van der Waals surface area contributed by atoms with Gasteiger partial charge in [0.15, 0.2) is 0 Å². The van der Waals surface area contributed by atoms with E-state index in [0.29, 0.717) is 6.61 Å². The lowest BCUT2D eigenvalue weighted by atomic mass is 9.90. The van der Waals surface area contributed by atoms with Crippen molar-refractivity contribution in [3.05, 3.63) is 28.8 Å². The number of aliphatic hydroxyl groups is 1. The van der Waals surface area contributed by atoms with Gasteiger partial charge in [-0.1, -0.05) is 0 Å². The van der Waals surface area contributed by atoms with Gasteiger partial charge in [0.2, 0.25) is 0 Å². The first-order chi connectivity index (χ1) is 8.33. The number of ether oxygens (including phenoxy) is 2. The van der Waals surface area contributed by atoms with Crippen LogP contribution < -0.4 is 4.74 Å². The van der Waals surface area contributed by atoms with Gasteiger partial charge in [0.25, 0.3) is 0 Å². The second kappa shape index (κ2) is 5.72. The van der Waals surface area contributed by atoms with E-state index in [1.165, 1.54) is 0 Å². The second-order valence-electron chi connectivity index (χ2n) is 5.12. The van der Waals surface area contributed by atoms with Crippen molar-refractivity contribution in [3.63, 3.8) is 0 Å². The summed E-state index contributed by atoms with van der Waals surface area (Å²) in [5.74, 6) is 0.845. The summed E-state index contributed by atoms with van der Waals surface area (Å²) in [7, 11) is 1.65.